The standard InChI is InChI=1S/C18H15ClFN3.C18H18FN5/c19-17-12(9-21)8-15(20)18(23-17)22-16-13-5-1-3-10(13)7-11-4-2-6-14(11)16;19-14-8-13-16(20)23-24-17(13)22-18(14)21-15-11-5-1-3-9(11)7-10-4-2-6-12(10)15/h7-8H,1-6H2,(H,22,23);7-8H,1-6H2,(H4,20,21,22,23,24). The second kappa shape index (κ2) is 11.8. The molecule has 0 radical (unpaired) electrons. The van der Waals surface area contributed by atoms with Crippen molar-refractivity contribution in [2.45, 2.75) is 77.0 Å². The van der Waals surface area contributed by atoms with E-state index in [0.29, 0.717) is 16.9 Å². The van der Waals surface area contributed by atoms with Gasteiger partial charge in [0.05, 0.1) is 10.9 Å². The molecule has 0 saturated heterocycles. The fourth-order valence-electron chi connectivity index (χ4n) is 7.83. The maximum absolute atomic E-state index is 14.5. The number of nitriles is 1. The van der Waals surface area contributed by atoms with Gasteiger partial charge in [-0.25, -0.2) is 18.7 Å². The molecule has 0 fully saturated rings. The SMILES string of the molecule is N#Cc1cc(F)c(Nc2c3c(cc4c2CCC4)CCC3)nc1Cl.Nc1[nH]nc2nc(Nc3c4c(cc5c3CCC5)CCC4)c(F)cc12. The van der Waals surface area contributed by atoms with E-state index in [2.05, 4.69) is 42.9 Å². The number of anilines is 5. The molecule has 0 saturated carbocycles. The highest BCUT2D eigenvalue weighted by Crippen LogP contribution is 2.42. The summed E-state index contributed by atoms with van der Waals surface area (Å²) in [5.74, 6) is -0.289. The van der Waals surface area contributed by atoms with Crippen LogP contribution in [0, 0.1) is 23.0 Å². The van der Waals surface area contributed by atoms with Crippen molar-refractivity contribution in [2.75, 3.05) is 16.4 Å². The summed E-state index contributed by atoms with van der Waals surface area (Å²) in [4.78, 5) is 8.38. The maximum atomic E-state index is 14.5. The molecule has 0 atom stereocenters. The van der Waals surface area contributed by atoms with Crippen molar-refractivity contribution in [1.29, 1.82) is 5.26 Å². The zero-order chi connectivity index (χ0) is 32.2. The Bertz CT molecular complexity index is 2070. The summed E-state index contributed by atoms with van der Waals surface area (Å²) in [7, 11) is 0. The molecule has 0 spiro atoms. The van der Waals surface area contributed by atoms with Gasteiger partial charge in [0.25, 0.3) is 0 Å². The van der Waals surface area contributed by atoms with Gasteiger partial charge >= 0.3 is 0 Å². The molecule has 3 heterocycles. The maximum Gasteiger partial charge on any atom is 0.185 e. The molecule has 238 valence electrons. The van der Waals surface area contributed by atoms with Crippen molar-refractivity contribution in [1.82, 2.24) is 20.2 Å². The van der Waals surface area contributed by atoms with Crippen LogP contribution in [-0.2, 0) is 51.4 Å². The summed E-state index contributed by atoms with van der Waals surface area (Å²) in [5, 5.41) is 22.6. The van der Waals surface area contributed by atoms with Crippen molar-refractivity contribution >= 4 is 51.5 Å². The first-order chi connectivity index (χ1) is 22.9. The first kappa shape index (κ1) is 29.6. The highest BCUT2D eigenvalue weighted by Gasteiger charge is 2.27. The molecule has 4 aliphatic rings. The van der Waals surface area contributed by atoms with Crippen LogP contribution in [0.15, 0.2) is 24.3 Å². The van der Waals surface area contributed by atoms with Crippen LogP contribution in [0.5, 0.6) is 0 Å². The zero-order valence-electron chi connectivity index (χ0n) is 25.8. The van der Waals surface area contributed by atoms with Crippen molar-refractivity contribution in [3.8, 4) is 6.07 Å². The number of rotatable bonds is 4. The third-order valence-electron chi connectivity index (χ3n) is 10.0. The molecule has 0 aliphatic heterocycles. The molecular weight excluding hydrogens is 618 g/mol. The Balaban J connectivity index is 0.000000138. The monoisotopic (exact) mass is 650 g/mol. The molecule has 8 nitrogen and oxygen atoms in total. The van der Waals surface area contributed by atoms with E-state index in [1.807, 2.05) is 6.07 Å². The summed E-state index contributed by atoms with van der Waals surface area (Å²) < 4.78 is 28.8. The minimum Gasteiger partial charge on any atom is -0.384 e. The lowest BCUT2D eigenvalue weighted by Crippen LogP contribution is -2.05. The van der Waals surface area contributed by atoms with Crippen LogP contribution in [0.2, 0.25) is 5.15 Å². The Hall–Kier alpha value is -4.75. The molecule has 9 rings (SSSR count). The predicted octanol–water partition coefficient (Wildman–Crippen LogP) is 7.87. The van der Waals surface area contributed by atoms with Gasteiger partial charge in [0.2, 0.25) is 0 Å². The topological polar surface area (TPSA) is 128 Å². The molecule has 0 unspecified atom stereocenters. The number of benzene rings is 2. The lowest BCUT2D eigenvalue weighted by Gasteiger charge is -2.17. The van der Waals surface area contributed by atoms with Gasteiger partial charge in [0.1, 0.15) is 17.0 Å². The Morgan fingerprint density at radius 1 is 0.702 bits per heavy atom. The van der Waals surface area contributed by atoms with Gasteiger partial charge in [-0.05, 0) is 134 Å². The van der Waals surface area contributed by atoms with E-state index in [9.17, 15) is 8.78 Å². The number of nitrogen functional groups attached to an aromatic ring is 1. The molecule has 2 aromatic carbocycles. The van der Waals surface area contributed by atoms with E-state index < -0.39 is 11.6 Å². The smallest absolute Gasteiger partial charge is 0.185 e. The number of aromatic nitrogens is 4. The molecule has 4 aliphatic carbocycles. The van der Waals surface area contributed by atoms with Crippen molar-refractivity contribution in [3.63, 3.8) is 0 Å². The number of nitrogens with one attached hydrogen (secondary N) is 3. The van der Waals surface area contributed by atoms with Gasteiger partial charge in [0, 0.05) is 11.4 Å². The molecule has 5 N–H and O–H groups in total. The Kier molecular flexibility index (Phi) is 7.44. The largest absolute Gasteiger partial charge is 0.384 e. The van der Waals surface area contributed by atoms with Gasteiger partial charge < -0.3 is 16.4 Å². The van der Waals surface area contributed by atoms with Gasteiger partial charge in [-0.2, -0.15) is 10.4 Å². The molecule has 3 aromatic heterocycles. The van der Waals surface area contributed by atoms with Gasteiger partial charge in [-0.3, -0.25) is 5.10 Å². The average molecular weight is 651 g/mol. The number of aryl methyl sites for hydroxylation is 4. The fraction of sp³-hybridized carbons (Fsp3) is 0.333. The number of halogens is 3. The molecule has 0 bridgehead atoms. The fourth-order valence-corrected chi connectivity index (χ4v) is 8.01. The lowest BCUT2D eigenvalue weighted by atomic mass is 9.98. The minimum absolute atomic E-state index is 0.0284. The average Bonchev–Trinajstić information content (AvgIpc) is 3.91. The first-order valence-electron chi connectivity index (χ1n) is 16.3. The van der Waals surface area contributed by atoms with E-state index in [1.54, 1.807) is 0 Å². The van der Waals surface area contributed by atoms with E-state index in [1.165, 1.54) is 50.6 Å². The molecule has 47 heavy (non-hydrogen) atoms. The minimum atomic E-state index is -0.548. The summed E-state index contributed by atoms with van der Waals surface area (Å²) in [6, 6.07) is 9.07. The molecule has 0 amide bonds. The van der Waals surface area contributed by atoms with Crippen LogP contribution in [0.25, 0.3) is 11.0 Å². The number of hydrogen-bond donors (Lipinski definition) is 4. The molecule has 5 aromatic rings. The first-order valence-corrected chi connectivity index (χ1v) is 16.7. The number of nitrogens with zero attached hydrogens (tertiary/aromatic N) is 4. The number of pyridine rings is 2. The summed E-state index contributed by atoms with van der Waals surface area (Å²) in [6.07, 6.45) is 13.1. The normalized spacial score (nSPS) is 15.4. The van der Waals surface area contributed by atoms with Gasteiger partial charge in [-0.1, -0.05) is 23.7 Å². The van der Waals surface area contributed by atoms with Crippen molar-refractivity contribution < 1.29 is 8.78 Å². The number of aromatic amines is 1. The second-order valence-corrected chi connectivity index (χ2v) is 13.2. The van der Waals surface area contributed by atoms with Crippen LogP contribution in [0.4, 0.5) is 37.6 Å². The Morgan fingerprint density at radius 2 is 1.17 bits per heavy atom. The molecular formula is C36H33ClF2N8. The van der Waals surface area contributed by atoms with Crippen LogP contribution >= 0.6 is 11.6 Å². The predicted molar refractivity (Wildman–Crippen MR) is 180 cm³/mol. The highest BCUT2D eigenvalue weighted by molar-refractivity contribution is 6.30. The van der Waals surface area contributed by atoms with Crippen molar-refractivity contribution in [2.24, 2.45) is 0 Å². The van der Waals surface area contributed by atoms with Crippen LogP contribution in [0.1, 0.15) is 75.8 Å². The number of hydrogen-bond acceptors (Lipinski definition) is 7. The van der Waals surface area contributed by atoms with Gasteiger partial charge in [0.15, 0.2) is 28.9 Å². The summed E-state index contributed by atoms with van der Waals surface area (Å²) in [5.41, 5.74) is 19.1. The quantitative estimate of drug-likeness (QED) is 0.146. The second-order valence-electron chi connectivity index (χ2n) is 12.8. The Labute approximate surface area is 275 Å². The van der Waals surface area contributed by atoms with Crippen molar-refractivity contribution in [3.05, 3.63) is 91.1 Å². The van der Waals surface area contributed by atoms with Gasteiger partial charge in [-0.15, -0.1) is 0 Å². The third kappa shape index (κ3) is 5.23. The summed E-state index contributed by atoms with van der Waals surface area (Å²) in [6.45, 7) is 0. The van der Waals surface area contributed by atoms with E-state index in [4.69, 9.17) is 22.6 Å². The van der Waals surface area contributed by atoms with E-state index >= 15 is 0 Å². The summed E-state index contributed by atoms with van der Waals surface area (Å²) >= 11 is 5.96. The van der Waals surface area contributed by atoms with Crippen LogP contribution in [0.3, 0.4) is 0 Å². The Morgan fingerprint density at radius 3 is 1.66 bits per heavy atom. The number of nitrogens with two attached hydrogens (primary N) is 1. The lowest BCUT2D eigenvalue weighted by molar-refractivity contribution is 0.626. The van der Waals surface area contributed by atoms with E-state index in [0.717, 1.165) is 94.5 Å². The molecule has 11 heteroatoms. The third-order valence-corrected chi connectivity index (χ3v) is 10.3. The zero-order valence-corrected chi connectivity index (χ0v) is 26.6. The highest BCUT2D eigenvalue weighted by atomic mass is 35.5. The number of fused-ring (bicyclic) bond motifs is 5. The number of H-pyrrole nitrogens is 1. The van der Waals surface area contributed by atoms with Crippen LogP contribution < -0.4 is 16.4 Å². The van der Waals surface area contributed by atoms with Crippen LogP contribution in [-0.4, -0.2) is 20.2 Å². The van der Waals surface area contributed by atoms with E-state index in [-0.39, 0.29) is 22.4 Å².